The molecule has 0 unspecified atom stereocenters. The number of rotatable bonds is 6. The van der Waals surface area contributed by atoms with Crippen molar-refractivity contribution in [2.75, 3.05) is 4.90 Å². The zero-order chi connectivity index (χ0) is 42.2. The van der Waals surface area contributed by atoms with Gasteiger partial charge in [0.2, 0.25) is 0 Å². The van der Waals surface area contributed by atoms with Crippen molar-refractivity contribution in [3.63, 3.8) is 0 Å². The van der Waals surface area contributed by atoms with Crippen molar-refractivity contribution in [2.24, 2.45) is 0 Å². The summed E-state index contributed by atoms with van der Waals surface area (Å²) in [7, 11) is 0. The molecule has 12 rings (SSSR count). The number of hydrogen-bond acceptors (Lipinski definition) is 3. The number of fused-ring (bicyclic) bond motifs is 9. The summed E-state index contributed by atoms with van der Waals surface area (Å²) in [6, 6.07) is 74.6. The smallest absolute Gasteiger partial charge is 0.104 e. The van der Waals surface area contributed by atoms with Gasteiger partial charge in [-0.25, -0.2) is 0 Å². The van der Waals surface area contributed by atoms with E-state index in [2.05, 4.69) is 189 Å². The molecule has 9 aromatic carbocycles. The van der Waals surface area contributed by atoms with Crippen LogP contribution in [0.25, 0.3) is 82.5 Å². The summed E-state index contributed by atoms with van der Waals surface area (Å²) in [6.07, 6.45) is 0. The fourth-order valence-electron chi connectivity index (χ4n) is 10.1. The number of aryl methyl sites for hydroxylation is 1. The van der Waals surface area contributed by atoms with Crippen LogP contribution in [0.5, 0.6) is 0 Å². The molecule has 0 spiro atoms. The number of nitriles is 2. The quantitative estimate of drug-likeness (QED) is 0.168. The van der Waals surface area contributed by atoms with Gasteiger partial charge in [0.15, 0.2) is 0 Å². The van der Waals surface area contributed by atoms with Crippen LogP contribution in [-0.4, -0.2) is 13.7 Å². The van der Waals surface area contributed by atoms with E-state index in [1.807, 2.05) is 48.5 Å². The van der Waals surface area contributed by atoms with Gasteiger partial charge in [-0.2, -0.15) is 10.5 Å². The summed E-state index contributed by atoms with van der Waals surface area (Å²) in [5, 5.41) is 30.7. The first-order valence-corrected chi connectivity index (χ1v) is 21.1. The molecule has 0 aliphatic rings. The number of anilines is 3. The summed E-state index contributed by atoms with van der Waals surface area (Å²) in [5.74, 6) is 0. The highest BCUT2D eigenvalue weighted by molar-refractivity contribution is 6.15. The fraction of sp³-hybridized carbons (Fsp3) is 0.0175. The molecular formula is C57H36N6. The molecule has 0 atom stereocenters. The molecule has 0 saturated carbocycles. The third-order valence-electron chi connectivity index (χ3n) is 12.6. The first-order valence-electron chi connectivity index (χ1n) is 21.1. The van der Waals surface area contributed by atoms with Crippen LogP contribution in [0.3, 0.4) is 0 Å². The Morgan fingerprint density at radius 1 is 0.349 bits per heavy atom. The van der Waals surface area contributed by atoms with Crippen LogP contribution in [0.15, 0.2) is 200 Å². The van der Waals surface area contributed by atoms with E-state index < -0.39 is 0 Å². The first kappa shape index (κ1) is 36.0. The van der Waals surface area contributed by atoms with Crippen molar-refractivity contribution in [3.8, 4) is 29.2 Å². The van der Waals surface area contributed by atoms with Gasteiger partial charge >= 0.3 is 0 Å². The first-order chi connectivity index (χ1) is 31.2. The van der Waals surface area contributed by atoms with Crippen LogP contribution >= 0.6 is 0 Å². The molecule has 6 nitrogen and oxygen atoms in total. The van der Waals surface area contributed by atoms with E-state index in [1.165, 1.54) is 0 Å². The van der Waals surface area contributed by atoms with Crippen LogP contribution in [0, 0.1) is 29.6 Å². The topological polar surface area (TPSA) is 65.6 Å². The van der Waals surface area contributed by atoms with Gasteiger partial charge in [-0.15, -0.1) is 0 Å². The lowest BCUT2D eigenvalue weighted by Gasteiger charge is -2.33. The highest BCUT2D eigenvalue weighted by Crippen LogP contribution is 2.52. The lowest BCUT2D eigenvalue weighted by Crippen LogP contribution is -2.21. The van der Waals surface area contributed by atoms with Crippen molar-refractivity contribution in [3.05, 3.63) is 217 Å². The molecule has 3 heterocycles. The molecular weight excluding hydrogens is 769 g/mol. The summed E-state index contributed by atoms with van der Waals surface area (Å²) >= 11 is 0. The molecule has 0 amide bonds. The third kappa shape index (κ3) is 5.16. The van der Waals surface area contributed by atoms with E-state index >= 15 is 0 Å². The second-order valence-corrected chi connectivity index (χ2v) is 15.9. The Balaban J connectivity index is 1.44. The Labute approximate surface area is 363 Å². The van der Waals surface area contributed by atoms with Gasteiger partial charge < -0.3 is 18.6 Å². The minimum atomic E-state index is 0.367. The fourth-order valence-corrected chi connectivity index (χ4v) is 10.1. The van der Waals surface area contributed by atoms with Crippen LogP contribution in [0.4, 0.5) is 17.1 Å². The molecule has 0 fully saturated rings. The van der Waals surface area contributed by atoms with Crippen molar-refractivity contribution >= 4 is 82.5 Å². The van der Waals surface area contributed by atoms with Crippen LogP contribution in [0.2, 0.25) is 0 Å². The zero-order valence-corrected chi connectivity index (χ0v) is 34.2. The molecule has 12 aromatic rings. The molecule has 0 bridgehead atoms. The maximum atomic E-state index is 12.2. The van der Waals surface area contributed by atoms with Gasteiger partial charge in [-0.1, -0.05) is 146 Å². The minimum absolute atomic E-state index is 0.367. The Kier molecular flexibility index (Phi) is 8.09. The summed E-state index contributed by atoms with van der Waals surface area (Å²) < 4.78 is 6.72. The summed E-state index contributed by atoms with van der Waals surface area (Å²) in [6.45, 7) is 2.11. The monoisotopic (exact) mass is 804 g/mol. The number of benzene rings is 9. The predicted octanol–water partition coefficient (Wildman–Crippen LogP) is 14.5. The van der Waals surface area contributed by atoms with Gasteiger partial charge in [-0.05, 0) is 67.1 Å². The molecule has 0 aliphatic carbocycles. The molecule has 0 aliphatic heterocycles. The van der Waals surface area contributed by atoms with Crippen molar-refractivity contribution in [1.82, 2.24) is 13.7 Å². The van der Waals surface area contributed by atoms with Crippen molar-refractivity contribution in [2.45, 2.75) is 6.92 Å². The molecule has 6 heteroatoms. The minimum Gasteiger partial charge on any atom is -0.307 e. The van der Waals surface area contributed by atoms with E-state index in [1.54, 1.807) is 0 Å². The average Bonchev–Trinajstić information content (AvgIpc) is 3.98. The SMILES string of the molecule is Cc1ccccc1N(c1ccccc1)c1c(C#N)c(-n2c3ccccc3c3ccccc32)c(C#N)c(-n2c3ccccc3c3ccccc32)c1-n1c2ccccc2c2ccccc21. The largest absolute Gasteiger partial charge is 0.307 e. The number of nitrogens with zero attached hydrogens (tertiary/aromatic N) is 6. The Hall–Kier alpha value is -8.84. The summed E-state index contributed by atoms with van der Waals surface area (Å²) in [4.78, 5) is 2.24. The van der Waals surface area contributed by atoms with E-state index in [-0.39, 0.29) is 0 Å². The molecule has 0 saturated heterocycles. The molecule has 63 heavy (non-hydrogen) atoms. The van der Waals surface area contributed by atoms with Gasteiger partial charge in [0, 0.05) is 43.7 Å². The van der Waals surface area contributed by atoms with Gasteiger partial charge in [0.1, 0.15) is 23.3 Å². The average molecular weight is 805 g/mol. The van der Waals surface area contributed by atoms with Gasteiger partial charge in [-0.3, -0.25) is 0 Å². The van der Waals surface area contributed by atoms with E-state index in [0.717, 1.165) is 82.4 Å². The Morgan fingerprint density at radius 3 is 1.08 bits per heavy atom. The maximum absolute atomic E-state index is 12.2. The van der Waals surface area contributed by atoms with E-state index in [4.69, 9.17) is 0 Å². The maximum Gasteiger partial charge on any atom is 0.104 e. The lowest BCUT2D eigenvalue weighted by atomic mass is 9.97. The second kappa shape index (κ2) is 14.1. The van der Waals surface area contributed by atoms with Crippen molar-refractivity contribution in [1.29, 1.82) is 10.5 Å². The second-order valence-electron chi connectivity index (χ2n) is 15.9. The Morgan fingerprint density at radius 2 is 0.683 bits per heavy atom. The standard InChI is InChI=1S/C57H36N6/c1-37-19-5-12-28-47(37)60(38-20-3-2-4-21-38)55-45(35-58)54(61-48-29-13-6-22-39(48)40-23-7-14-30-49(40)61)46(36-59)56(62-50-31-15-8-24-41(50)42-25-9-16-32-51(42)62)57(55)63-52-33-17-10-26-43(52)44-27-11-18-34-53(44)63/h2-34H,1H3. The molecule has 0 radical (unpaired) electrons. The lowest BCUT2D eigenvalue weighted by molar-refractivity contribution is 1.05. The van der Waals surface area contributed by atoms with Crippen LogP contribution in [-0.2, 0) is 0 Å². The number of hydrogen-bond donors (Lipinski definition) is 0. The highest BCUT2D eigenvalue weighted by Gasteiger charge is 2.35. The van der Waals surface area contributed by atoms with Crippen LogP contribution in [0.1, 0.15) is 16.7 Å². The van der Waals surface area contributed by atoms with Gasteiger partial charge in [0.05, 0.1) is 55.8 Å². The normalized spacial score (nSPS) is 11.5. The molecule has 294 valence electrons. The Bertz CT molecular complexity index is 3750. The number of para-hydroxylation sites is 8. The third-order valence-corrected chi connectivity index (χ3v) is 12.6. The number of aromatic nitrogens is 3. The van der Waals surface area contributed by atoms with Gasteiger partial charge in [0.25, 0.3) is 0 Å². The van der Waals surface area contributed by atoms with E-state index in [9.17, 15) is 10.5 Å². The molecule has 0 N–H and O–H groups in total. The van der Waals surface area contributed by atoms with Crippen molar-refractivity contribution < 1.29 is 0 Å². The van der Waals surface area contributed by atoms with Crippen LogP contribution < -0.4 is 4.90 Å². The molecule has 3 aromatic heterocycles. The van der Waals surface area contributed by atoms with E-state index in [0.29, 0.717) is 33.9 Å². The zero-order valence-electron chi connectivity index (χ0n) is 34.2. The predicted molar refractivity (Wildman–Crippen MR) is 258 cm³/mol. The summed E-state index contributed by atoms with van der Waals surface area (Å²) in [5.41, 5.74) is 11.7. The highest BCUT2D eigenvalue weighted by atomic mass is 15.2.